The number of nitrogens with zero attached hydrogens (tertiary/aromatic N) is 2. The van der Waals surface area contributed by atoms with Crippen molar-refractivity contribution in [3.8, 4) is 5.69 Å². The van der Waals surface area contributed by atoms with Crippen LogP contribution in [0.15, 0.2) is 48.5 Å². The average molecular weight is 389 g/mol. The first-order valence-corrected chi connectivity index (χ1v) is 9.81. The van der Waals surface area contributed by atoms with Gasteiger partial charge in [0.25, 0.3) is 5.91 Å². The number of carboxylic acid groups (broad SMARTS) is 1. The van der Waals surface area contributed by atoms with E-state index in [2.05, 4.69) is 10.4 Å². The number of anilines is 1. The van der Waals surface area contributed by atoms with Crippen LogP contribution in [0, 0.1) is 6.92 Å². The quantitative estimate of drug-likeness (QED) is 0.669. The molecule has 1 aromatic heterocycles. The Labute approximate surface area is 169 Å². The normalized spacial score (nSPS) is 12.6. The number of amides is 1. The Balaban J connectivity index is 1.54. The number of aryl methyl sites for hydroxylation is 2. The molecule has 0 atom stereocenters. The SMILES string of the molecule is Cc1ccc(-n2nc(C(=O)Nc3ccc(CCC(=O)O)cc3)c3c2CCC3)cc1. The van der Waals surface area contributed by atoms with Crippen LogP contribution in [0.4, 0.5) is 5.69 Å². The van der Waals surface area contributed by atoms with Gasteiger partial charge in [-0.25, -0.2) is 4.68 Å². The van der Waals surface area contributed by atoms with Crippen LogP contribution in [0.3, 0.4) is 0 Å². The molecule has 1 heterocycles. The third-order valence-electron chi connectivity index (χ3n) is 5.26. The minimum atomic E-state index is -0.819. The second-order valence-electron chi connectivity index (χ2n) is 7.42. The van der Waals surface area contributed by atoms with Gasteiger partial charge < -0.3 is 10.4 Å². The molecule has 29 heavy (non-hydrogen) atoms. The van der Waals surface area contributed by atoms with Crippen molar-refractivity contribution in [2.24, 2.45) is 0 Å². The smallest absolute Gasteiger partial charge is 0.303 e. The van der Waals surface area contributed by atoms with Crippen molar-refractivity contribution in [3.05, 3.63) is 76.6 Å². The molecule has 148 valence electrons. The zero-order valence-electron chi connectivity index (χ0n) is 16.3. The number of nitrogens with one attached hydrogen (secondary N) is 1. The minimum Gasteiger partial charge on any atom is -0.481 e. The van der Waals surface area contributed by atoms with Crippen molar-refractivity contribution in [2.45, 2.75) is 39.0 Å². The number of hydrogen-bond donors (Lipinski definition) is 2. The van der Waals surface area contributed by atoms with Crippen LogP contribution in [0.5, 0.6) is 0 Å². The lowest BCUT2D eigenvalue weighted by molar-refractivity contribution is -0.136. The maximum absolute atomic E-state index is 12.9. The number of aromatic nitrogens is 2. The second-order valence-corrected chi connectivity index (χ2v) is 7.42. The zero-order valence-corrected chi connectivity index (χ0v) is 16.3. The lowest BCUT2D eigenvalue weighted by atomic mass is 10.1. The third-order valence-corrected chi connectivity index (χ3v) is 5.26. The van der Waals surface area contributed by atoms with Gasteiger partial charge in [-0.15, -0.1) is 0 Å². The largest absolute Gasteiger partial charge is 0.481 e. The van der Waals surface area contributed by atoms with Crippen LogP contribution >= 0.6 is 0 Å². The molecule has 1 aliphatic carbocycles. The summed E-state index contributed by atoms with van der Waals surface area (Å²) in [6, 6.07) is 15.4. The van der Waals surface area contributed by atoms with E-state index < -0.39 is 5.97 Å². The van der Waals surface area contributed by atoms with E-state index >= 15 is 0 Å². The molecule has 0 spiro atoms. The first-order chi connectivity index (χ1) is 14.0. The van der Waals surface area contributed by atoms with Crippen LogP contribution < -0.4 is 5.32 Å². The van der Waals surface area contributed by atoms with E-state index in [4.69, 9.17) is 5.11 Å². The summed E-state index contributed by atoms with van der Waals surface area (Å²) in [7, 11) is 0. The van der Waals surface area contributed by atoms with E-state index in [9.17, 15) is 9.59 Å². The Morgan fingerprint density at radius 1 is 1.07 bits per heavy atom. The topological polar surface area (TPSA) is 84.2 Å². The highest BCUT2D eigenvalue weighted by atomic mass is 16.4. The zero-order chi connectivity index (χ0) is 20.4. The molecule has 0 aliphatic heterocycles. The van der Waals surface area contributed by atoms with Gasteiger partial charge in [0.1, 0.15) is 0 Å². The molecule has 6 nitrogen and oxygen atoms in total. The lowest BCUT2D eigenvalue weighted by Gasteiger charge is -2.07. The number of carbonyl (C=O) groups excluding carboxylic acids is 1. The van der Waals surface area contributed by atoms with Crippen molar-refractivity contribution >= 4 is 17.6 Å². The van der Waals surface area contributed by atoms with Gasteiger partial charge in [-0.2, -0.15) is 5.10 Å². The van der Waals surface area contributed by atoms with Crippen molar-refractivity contribution in [1.82, 2.24) is 9.78 Å². The fourth-order valence-corrected chi connectivity index (χ4v) is 3.72. The number of hydrogen-bond acceptors (Lipinski definition) is 3. The minimum absolute atomic E-state index is 0.0916. The fourth-order valence-electron chi connectivity index (χ4n) is 3.72. The molecule has 0 radical (unpaired) electrons. The van der Waals surface area contributed by atoms with E-state index in [-0.39, 0.29) is 12.3 Å². The number of rotatable bonds is 6. The molecular formula is C23H23N3O3. The molecule has 2 aromatic carbocycles. The van der Waals surface area contributed by atoms with Crippen LogP contribution in [-0.2, 0) is 24.1 Å². The summed E-state index contributed by atoms with van der Waals surface area (Å²) < 4.78 is 1.89. The maximum Gasteiger partial charge on any atom is 0.303 e. The summed E-state index contributed by atoms with van der Waals surface area (Å²) in [5.74, 6) is -1.03. The van der Waals surface area contributed by atoms with Crippen LogP contribution in [0.25, 0.3) is 5.69 Å². The predicted molar refractivity (Wildman–Crippen MR) is 111 cm³/mol. The highest BCUT2D eigenvalue weighted by Gasteiger charge is 2.27. The average Bonchev–Trinajstić information content (AvgIpc) is 3.31. The van der Waals surface area contributed by atoms with Gasteiger partial charge in [0.15, 0.2) is 5.69 Å². The van der Waals surface area contributed by atoms with Crippen LogP contribution in [-0.4, -0.2) is 26.8 Å². The van der Waals surface area contributed by atoms with E-state index in [1.807, 2.05) is 48.0 Å². The Bertz CT molecular complexity index is 1050. The Hall–Kier alpha value is -3.41. The Morgan fingerprint density at radius 3 is 2.48 bits per heavy atom. The second kappa shape index (κ2) is 7.91. The number of carbonyl (C=O) groups is 2. The van der Waals surface area contributed by atoms with Gasteiger partial charge in [-0.3, -0.25) is 9.59 Å². The summed E-state index contributed by atoms with van der Waals surface area (Å²) in [5.41, 5.74) is 6.37. The Morgan fingerprint density at radius 2 is 1.79 bits per heavy atom. The summed E-state index contributed by atoms with van der Waals surface area (Å²) in [5, 5.41) is 16.3. The van der Waals surface area contributed by atoms with Gasteiger partial charge in [0.05, 0.1) is 5.69 Å². The molecule has 3 aromatic rings. The number of aliphatic carboxylic acids is 1. The molecule has 1 amide bonds. The van der Waals surface area contributed by atoms with Crippen molar-refractivity contribution in [3.63, 3.8) is 0 Å². The highest BCUT2D eigenvalue weighted by Crippen LogP contribution is 2.28. The van der Waals surface area contributed by atoms with Crippen molar-refractivity contribution in [2.75, 3.05) is 5.32 Å². The molecule has 0 saturated carbocycles. The molecule has 0 unspecified atom stereocenters. The molecule has 0 fully saturated rings. The van der Waals surface area contributed by atoms with Gasteiger partial charge in [-0.1, -0.05) is 29.8 Å². The van der Waals surface area contributed by atoms with E-state index in [0.717, 1.165) is 41.8 Å². The number of fused-ring (bicyclic) bond motifs is 1. The van der Waals surface area contributed by atoms with E-state index in [1.54, 1.807) is 12.1 Å². The monoisotopic (exact) mass is 389 g/mol. The first kappa shape index (κ1) is 18.9. The van der Waals surface area contributed by atoms with Crippen LogP contribution in [0.1, 0.15) is 45.7 Å². The van der Waals surface area contributed by atoms with Gasteiger partial charge in [0, 0.05) is 23.4 Å². The maximum atomic E-state index is 12.9. The van der Waals surface area contributed by atoms with Crippen molar-refractivity contribution in [1.29, 1.82) is 0 Å². The summed E-state index contributed by atoms with van der Waals surface area (Å²) >= 11 is 0. The molecule has 0 bridgehead atoms. The highest BCUT2D eigenvalue weighted by molar-refractivity contribution is 6.04. The molecule has 2 N–H and O–H groups in total. The fraction of sp³-hybridized carbons (Fsp3) is 0.261. The van der Waals surface area contributed by atoms with E-state index in [1.165, 1.54) is 5.56 Å². The van der Waals surface area contributed by atoms with Gasteiger partial charge in [0.2, 0.25) is 0 Å². The van der Waals surface area contributed by atoms with E-state index in [0.29, 0.717) is 17.8 Å². The van der Waals surface area contributed by atoms with Gasteiger partial charge in [-0.05, 0) is 62.4 Å². The summed E-state index contributed by atoms with van der Waals surface area (Å²) in [4.78, 5) is 23.6. The third kappa shape index (κ3) is 4.06. The molecule has 0 saturated heterocycles. The first-order valence-electron chi connectivity index (χ1n) is 9.81. The summed E-state index contributed by atoms with van der Waals surface area (Å²) in [6.07, 6.45) is 3.36. The number of benzene rings is 2. The van der Waals surface area contributed by atoms with Crippen molar-refractivity contribution < 1.29 is 14.7 Å². The van der Waals surface area contributed by atoms with Gasteiger partial charge >= 0.3 is 5.97 Å². The number of carboxylic acids is 1. The van der Waals surface area contributed by atoms with Crippen LogP contribution in [0.2, 0.25) is 0 Å². The molecule has 4 rings (SSSR count). The lowest BCUT2D eigenvalue weighted by Crippen LogP contribution is -2.15. The molecule has 6 heteroatoms. The summed E-state index contributed by atoms with van der Waals surface area (Å²) in [6.45, 7) is 2.04. The Kier molecular flexibility index (Phi) is 5.16. The molecular weight excluding hydrogens is 366 g/mol. The predicted octanol–water partition coefficient (Wildman–Crippen LogP) is 3.94. The standard InChI is InChI=1S/C23H23N3O3/c1-15-5-12-18(13-6-15)26-20-4-2-3-19(20)22(25-26)23(29)24-17-10-7-16(8-11-17)9-14-21(27)28/h5-8,10-13H,2-4,9,14H2,1H3,(H,24,29)(H,27,28). The molecule has 1 aliphatic rings.